The predicted octanol–water partition coefficient (Wildman–Crippen LogP) is 2.32. The number of hydrogen-bond acceptors (Lipinski definition) is 10. The molecule has 0 bridgehead atoms. The summed E-state index contributed by atoms with van der Waals surface area (Å²) < 4.78 is 48.9. The van der Waals surface area contributed by atoms with Crippen molar-refractivity contribution in [3.05, 3.63) is 45.8 Å². The van der Waals surface area contributed by atoms with E-state index in [9.17, 15) is 27.7 Å². The number of amides is 1. The van der Waals surface area contributed by atoms with Crippen molar-refractivity contribution < 1.29 is 32.0 Å². The number of nitrogens with two attached hydrogens (primary N) is 1. The number of anilines is 1. The number of benzene rings is 1. The highest BCUT2D eigenvalue weighted by atomic mass is 32.2. The van der Waals surface area contributed by atoms with E-state index in [2.05, 4.69) is 5.32 Å². The van der Waals surface area contributed by atoms with Gasteiger partial charge in [-0.3, -0.25) is 10.1 Å². The molecule has 208 valence electrons. The molecule has 0 spiro atoms. The van der Waals surface area contributed by atoms with Crippen molar-refractivity contribution in [3.8, 4) is 5.75 Å². The minimum Gasteiger partial charge on any atom is -0.497 e. The van der Waals surface area contributed by atoms with E-state index in [4.69, 9.17) is 14.6 Å². The molecule has 2 saturated heterocycles. The number of hydrogen-bond donors (Lipinski definition) is 2. The Balaban J connectivity index is 1.45. The number of piperazine rings is 1. The highest BCUT2D eigenvalue weighted by Crippen LogP contribution is 2.39. The zero-order chi connectivity index (χ0) is 27.4. The maximum atomic E-state index is 14.6. The summed E-state index contributed by atoms with van der Waals surface area (Å²) in [6, 6.07) is 5.42. The monoisotopic (exact) mass is 571 g/mol. The highest BCUT2D eigenvalue weighted by molar-refractivity contribution is 7.91. The SMILES string of the molecule is COc1ccc(F)c(CC(OC(=O)N2CCN(c3sc(S(N)(=O)=O)cc3[N+](=O)[O-])CC2)C2CCCNC2)c1. The highest BCUT2D eigenvalue weighted by Gasteiger charge is 2.33. The Kier molecular flexibility index (Phi) is 8.70. The average molecular weight is 572 g/mol. The van der Waals surface area contributed by atoms with E-state index in [0.29, 0.717) is 17.9 Å². The van der Waals surface area contributed by atoms with Crippen molar-refractivity contribution in [2.75, 3.05) is 51.3 Å². The fourth-order valence-electron chi connectivity index (χ4n) is 4.70. The Morgan fingerprint density at radius 3 is 2.66 bits per heavy atom. The van der Waals surface area contributed by atoms with Crippen LogP contribution in [0.25, 0.3) is 0 Å². The summed E-state index contributed by atoms with van der Waals surface area (Å²) >= 11 is 0.730. The lowest BCUT2D eigenvalue weighted by molar-refractivity contribution is -0.383. The summed E-state index contributed by atoms with van der Waals surface area (Å²) in [5, 5.41) is 20.1. The van der Waals surface area contributed by atoms with Crippen molar-refractivity contribution in [2.45, 2.75) is 29.6 Å². The molecular formula is C23H30FN5O7S2. The Morgan fingerprint density at radius 2 is 2.05 bits per heavy atom. The van der Waals surface area contributed by atoms with Gasteiger partial charge in [0.05, 0.1) is 12.0 Å². The lowest BCUT2D eigenvalue weighted by Crippen LogP contribution is -2.50. The fourth-order valence-corrected chi connectivity index (χ4v) is 6.58. The lowest BCUT2D eigenvalue weighted by atomic mass is 9.89. The average Bonchev–Trinajstić information content (AvgIpc) is 3.37. The van der Waals surface area contributed by atoms with Gasteiger partial charge in [0.2, 0.25) is 10.0 Å². The van der Waals surface area contributed by atoms with Crippen LogP contribution in [-0.4, -0.2) is 76.8 Å². The van der Waals surface area contributed by atoms with E-state index in [0.717, 1.165) is 36.8 Å². The van der Waals surface area contributed by atoms with Gasteiger partial charge in [-0.1, -0.05) is 11.3 Å². The minimum atomic E-state index is -4.10. The van der Waals surface area contributed by atoms with Crippen LogP contribution in [0.3, 0.4) is 0 Å². The van der Waals surface area contributed by atoms with Crippen LogP contribution < -0.4 is 20.1 Å². The minimum absolute atomic E-state index is 0.00462. The zero-order valence-corrected chi connectivity index (χ0v) is 22.4. The van der Waals surface area contributed by atoms with Crippen molar-refractivity contribution in [1.29, 1.82) is 0 Å². The molecule has 1 amide bonds. The van der Waals surface area contributed by atoms with Crippen LogP contribution in [0.1, 0.15) is 18.4 Å². The Hall–Kier alpha value is -3.01. The molecule has 2 fully saturated rings. The zero-order valence-electron chi connectivity index (χ0n) is 20.8. The van der Waals surface area contributed by atoms with Crippen molar-refractivity contribution >= 4 is 38.1 Å². The van der Waals surface area contributed by atoms with Crippen molar-refractivity contribution in [1.82, 2.24) is 10.2 Å². The van der Waals surface area contributed by atoms with Gasteiger partial charge < -0.3 is 24.6 Å². The van der Waals surface area contributed by atoms with Crippen molar-refractivity contribution in [3.63, 3.8) is 0 Å². The molecule has 2 aromatic rings. The molecule has 1 aromatic carbocycles. The first-order chi connectivity index (χ1) is 18.1. The van der Waals surface area contributed by atoms with Crippen LogP contribution in [0, 0.1) is 21.8 Å². The molecule has 0 saturated carbocycles. The van der Waals surface area contributed by atoms with Crippen LogP contribution in [0.2, 0.25) is 0 Å². The van der Waals surface area contributed by atoms with E-state index >= 15 is 0 Å². The molecule has 3 N–H and O–H groups in total. The third kappa shape index (κ3) is 6.51. The summed E-state index contributed by atoms with van der Waals surface area (Å²) in [5.74, 6) is 0.114. The van der Waals surface area contributed by atoms with E-state index in [1.54, 1.807) is 11.0 Å². The van der Waals surface area contributed by atoms with Crippen LogP contribution >= 0.6 is 11.3 Å². The molecule has 2 atom stereocenters. The summed E-state index contributed by atoms with van der Waals surface area (Å²) in [6.45, 7) is 2.41. The molecule has 2 aliphatic rings. The number of nitrogens with zero attached hydrogens (tertiary/aromatic N) is 3. The standard InChI is InChI=1S/C23H30FN5O7S2/c1-35-17-4-5-18(24)16(11-17)12-20(15-3-2-6-26-14-15)36-23(30)28-9-7-27(8-10-28)22-19(29(31)32)13-21(37-22)38(25,33)34/h4-5,11,13,15,20,26H,2-3,6-10,12,14H2,1H3,(H2,25,33,34). The Morgan fingerprint density at radius 1 is 1.32 bits per heavy atom. The number of ether oxygens (including phenoxy) is 2. The molecule has 12 nitrogen and oxygen atoms in total. The van der Waals surface area contributed by atoms with Crippen molar-refractivity contribution in [2.24, 2.45) is 11.1 Å². The summed E-state index contributed by atoms with van der Waals surface area (Å²) in [5.41, 5.74) is 0.0495. The quantitative estimate of drug-likeness (QED) is 0.358. The number of carbonyl (C=O) groups is 1. The van der Waals surface area contributed by atoms with Gasteiger partial charge in [0.1, 0.15) is 21.9 Å². The first-order valence-electron chi connectivity index (χ1n) is 12.1. The van der Waals surface area contributed by atoms with Gasteiger partial charge in [0, 0.05) is 51.1 Å². The maximum Gasteiger partial charge on any atom is 0.410 e. The number of carbonyl (C=O) groups excluding carboxylic acids is 1. The molecule has 38 heavy (non-hydrogen) atoms. The summed E-state index contributed by atoms with van der Waals surface area (Å²) in [6.07, 6.45) is 0.829. The third-order valence-corrected chi connectivity index (χ3v) is 9.37. The number of piperidine rings is 1. The topological polar surface area (TPSA) is 157 Å². The van der Waals surface area contributed by atoms with Gasteiger partial charge in [0.15, 0.2) is 5.00 Å². The predicted molar refractivity (Wildman–Crippen MR) is 139 cm³/mol. The second kappa shape index (κ2) is 11.8. The molecule has 4 rings (SSSR count). The fraction of sp³-hybridized carbons (Fsp3) is 0.522. The molecule has 2 unspecified atom stereocenters. The van der Waals surface area contributed by atoms with Gasteiger partial charge in [0.25, 0.3) is 0 Å². The molecule has 1 aromatic heterocycles. The van der Waals surface area contributed by atoms with E-state index in [-0.39, 0.29) is 53.4 Å². The molecule has 2 aliphatic heterocycles. The van der Waals surface area contributed by atoms with Gasteiger partial charge in [-0.05, 0) is 43.1 Å². The van der Waals surface area contributed by atoms with Crippen LogP contribution in [0.4, 0.5) is 19.9 Å². The first-order valence-corrected chi connectivity index (χ1v) is 14.5. The second-order valence-corrected chi connectivity index (χ2v) is 12.0. The maximum absolute atomic E-state index is 14.6. The number of methoxy groups -OCH3 is 1. The van der Waals surface area contributed by atoms with E-state index < -0.39 is 33.0 Å². The summed E-state index contributed by atoms with van der Waals surface area (Å²) in [7, 11) is -2.60. The normalized spacial score (nSPS) is 19.2. The Labute approximate surface area is 223 Å². The van der Waals surface area contributed by atoms with Gasteiger partial charge >= 0.3 is 11.8 Å². The first kappa shape index (κ1) is 28.0. The van der Waals surface area contributed by atoms with Crippen LogP contribution in [0.15, 0.2) is 28.5 Å². The lowest BCUT2D eigenvalue weighted by Gasteiger charge is -2.36. The van der Waals surface area contributed by atoms with Gasteiger partial charge in [-0.2, -0.15) is 0 Å². The smallest absolute Gasteiger partial charge is 0.410 e. The van der Waals surface area contributed by atoms with Gasteiger partial charge in [-0.15, -0.1) is 0 Å². The Bertz CT molecular complexity index is 1270. The van der Waals surface area contributed by atoms with Crippen LogP contribution in [-0.2, 0) is 21.2 Å². The van der Waals surface area contributed by atoms with Gasteiger partial charge in [-0.25, -0.2) is 22.7 Å². The molecule has 15 heteroatoms. The number of nitrogens with one attached hydrogen (secondary N) is 1. The largest absolute Gasteiger partial charge is 0.497 e. The third-order valence-electron chi connectivity index (χ3n) is 6.76. The molecule has 0 aliphatic carbocycles. The number of thiophene rings is 1. The second-order valence-electron chi connectivity index (χ2n) is 9.22. The molecule has 0 radical (unpaired) electrons. The number of primary sulfonamides is 1. The van der Waals surface area contributed by atoms with Crippen LogP contribution in [0.5, 0.6) is 5.75 Å². The van der Waals surface area contributed by atoms with E-state index in [1.165, 1.54) is 24.1 Å². The number of nitro groups is 1. The van der Waals surface area contributed by atoms with E-state index in [1.807, 2.05) is 0 Å². The number of sulfonamides is 1. The molecular weight excluding hydrogens is 541 g/mol. The summed E-state index contributed by atoms with van der Waals surface area (Å²) in [4.78, 5) is 27.1. The number of rotatable bonds is 8. The number of halogens is 1. The molecule has 3 heterocycles.